The molecule has 1 aliphatic rings. The predicted octanol–water partition coefficient (Wildman–Crippen LogP) is 2.95. The second-order valence-corrected chi connectivity index (χ2v) is 7.11. The maximum Gasteiger partial charge on any atom is 0.322 e. The van der Waals surface area contributed by atoms with E-state index in [1.165, 1.54) is 0 Å². The summed E-state index contributed by atoms with van der Waals surface area (Å²) in [5, 5.41) is 10.6. The summed E-state index contributed by atoms with van der Waals surface area (Å²) in [7, 11) is 0. The number of hydrogen-bond acceptors (Lipinski definition) is 7. The van der Waals surface area contributed by atoms with Gasteiger partial charge in [0, 0.05) is 24.7 Å². The van der Waals surface area contributed by atoms with Crippen LogP contribution >= 0.6 is 0 Å². The van der Waals surface area contributed by atoms with Crippen LogP contribution in [-0.4, -0.2) is 28.6 Å². The first-order valence-electron chi connectivity index (χ1n) is 9.61. The Morgan fingerprint density at radius 1 is 1.00 bits per heavy atom. The Morgan fingerprint density at radius 3 is 2.61 bits per heavy atom. The van der Waals surface area contributed by atoms with Gasteiger partial charge in [0.15, 0.2) is 11.2 Å². The number of benzene rings is 2. The van der Waals surface area contributed by atoms with E-state index in [9.17, 15) is 14.4 Å². The molecule has 5 rings (SSSR count). The number of fused-ring (bicyclic) bond motifs is 1. The number of para-hydroxylation sites is 2. The third-order valence-corrected chi connectivity index (χ3v) is 5.06. The highest BCUT2D eigenvalue weighted by atomic mass is 16.4. The lowest BCUT2D eigenvalue weighted by Crippen LogP contribution is -2.24. The third kappa shape index (κ3) is 3.57. The summed E-state index contributed by atoms with van der Waals surface area (Å²) in [6, 6.07) is 16.9. The van der Waals surface area contributed by atoms with Crippen molar-refractivity contribution in [2.45, 2.75) is 12.3 Å². The zero-order valence-corrected chi connectivity index (χ0v) is 16.1. The molecule has 0 bridgehead atoms. The zero-order valence-electron chi connectivity index (χ0n) is 16.1. The van der Waals surface area contributed by atoms with E-state index in [0.717, 1.165) is 11.8 Å². The molecule has 2 aromatic heterocycles. The van der Waals surface area contributed by atoms with Crippen molar-refractivity contribution in [2.75, 3.05) is 16.8 Å². The molecule has 0 radical (unpaired) electrons. The Labute approximate surface area is 175 Å². The van der Waals surface area contributed by atoms with Gasteiger partial charge in [0.25, 0.3) is 5.91 Å². The molecule has 0 spiro atoms. The van der Waals surface area contributed by atoms with E-state index in [1.807, 2.05) is 30.3 Å². The second kappa shape index (κ2) is 7.52. The van der Waals surface area contributed by atoms with Gasteiger partial charge in [-0.2, -0.15) is 0 Å². The molecule has 1 fully saturated rings. The first kappa shape index (κ1) is 18.7. The van der Waals surface area contributed by atoms with Crippen LogP contribution in [0.15, 0.2) is 74.3 Å². The fourth-order valence-electron chi connectivity index (χ4n) is 3.56. The quantitative estimate of drug-likeness (QED) is 0.543. The lowest BCUT2D eigenvalue weighted by molar-refractivity contribution is -0.117. The standard InChI is InChI=1S/C22H16N4O5/c27-16-11-18(30-17-9-5-4-8-15(16)17)20(29)23-22-25-24-21(31-22)13-10-19(28)26(12-13)14-6-2-1-3-7-14/h1-9,11,13H,10,12H2,(H,23,25,29)/t13-/m0/s1. The highest BCUT2D eigenvalue weighted by Crippen LogP contribution is 2.31. The molecule has 0 aliphatic carbocycles. The zero-order chi connectivity index (χ0) is 21.4. The van der Waals surface area contributed by atoms with E-state index in [4.69, 9.17) is 8.83 Å². The normalized spacial score (nSPS) is 16.1. The van der Waals surface area contributed by atoms with Crippen molar-refractivity contribution in [3.8, 4) is 0 Å². The topological polar surface area (TPSA) is 119 Å². The van der Waals surface area contributed by atoms with E-state index in [0.29, 0.717) is 17.5 Å². The largest absolute Gasteiger partial charge is 0.451 e. The molecule has 1 N–H and O–H groups in total. The van der Waals surface area contributed by atoms with Gasteiger partial charge in [-0.05, 0) is 24.3 Å². The summed E-state index contributed by atoms with van der Waals surface area (Å²) in [5.74, 6) is -0.939. The third-order valence-electron chi connectivity index (χ3n) is 5.06. The molecule has 1 atom stereocenters. The molecular formula is C22H16N4O5. The lowest BCUT2D eigenvalue weighted by atomic mass is 10.1. The van der Waals surface area contributed by atoms with E-state index in [-0.39, 0.29) is 41.3 Å². The Kier molecular flexibility index (Phi) is 4.55. The van der Waals surface area contributed by atoms with E-state index in [2.05, 4.69) is 15.5 Å². The van der Waals surface area contributed by atoms with Gasteiger partial charge in [-0.1, -0.05) is 35.4 Å². The van der Waals surface area contributed by atoms with Crippen molar-refractivity contribution in [2.24, 2.45) is 0 Å². The number of carbonyl (C=O) groups is 2. The van der Waals surface area contributed by atoms with Crippen LogP contribution in [-0.2, 0) is 4.79 Å². The second-order valence-electron chi connectivity index (χ2n) is 7.11. The highest BCUT2D eigenvalue weighted by Gasteiger charge is 2.35. The number of amides is 2. The molecule has 0 unspecified atom stereocenters. The average molecular weight is 416 g/mol. The van der Waals surface area contributed by atoms with Crippen LogP contribution < -0.4 is 15.6 Å². The van der Waals surface area contributed by atoms with Crippen molar-refractivity contribution in [3.05, 3.63) is 82.5 Å². The molecule has 2 amide bonds. The highest BCUT2D eigenvalue weighted by molar-refractivity contribution is 6.01. The molecule has 31 heavy (non-hydrogen) atoms. The maximum atomic E-state index is 12.5. The first-order chi connectivity index (χ1) is 15.1. The number of anilines is 2. The summed E-state index contributed by atoms with van der Waals surface area (Å²) in [5.41, 5.74) is 0.773. The molecule has 154 valence electrons. The first-order valence-corrected chi connectivity index (χ1v) is 9.61. The SMILES string of the molecule is O=C(Nc1nnc([C@H]2CC(=O)N(c3ccccc3)C2)o1)c1cc(=O)c2ccccc2o1. The smallest absolute Gasteiger partial charge is 0.322 e. The van der Waals surface area contributed by atoms with Gasteiger partial charge in [-0.25, -0.2) is 0 Å². The van der Waals surface area contributed by atoms with E-state index >= 15 is 0 Å². The molecule has 2 aromatic carbocycles. The van der Waals surface area contributed by atoms with Gasteiger partial charge in [0.1, 0.15) is 5.58 Å². The molecule has 4 aromatic rings. The van der Waals surface area contributed by atoms with Gasteiger partial charge in [-0.3, -0.25) is 19.7 Å². The van der Waals surface area contributed by atoms with Crippen LogP contribution in [0.2, 0.25) is 0 Å². The van der Waals surface area contributed by atoms with E-state index < -0.39 is 5.91 Å². The van der Waals surface area contributed by atoms with E-state index in [1.54, 1.807) is 29.2 Å². The van der Waals surface area contributed by atoms with Crippen molar-refractivity contribution in [1.82, 2.24) is 10.2 Å². The van der Waals surface area contributed by atoms with Crippen LogP contribution in [0.1, 0.15) is 28.8 Å². The summed E-state index contributed by atoms with van der Waals surface area (Å²) in [6.45, 7) is 0.401. The van der Waals surface area contributed by atoms with Crippen LogP contribution in [0.25, 0.3) is 11.0 Å². The van der Waals surface area contributed by atoms with Gasteiger partial charge in [-0.15, -0.1) is 5.10 Å². The van der Waals surface area contributed by atoms with Crippen LogP contribution in [0, 0.1) is 0 Å². The van der Waals surface area contributed by atoms with Crippen molar-refractivity contribution in [1.29, 1.82) is 0 Å². The van der Waals surface area contributed by atoms with Crippen molar-refractivity contribution in [3.63, 3.8) is 0 Å². The molecule has 1 aliphatic heterocycles. The summed E-state index contributed by atoms with van der Waals surface area (Å²) in [4.78, 5) is 38.7. The van der Waals surface area contributed by atoms with Gasteiger partial charge < -0.3 is 13.7 Å². The molecule has 9 nitrogen and oxygen atoms in total. The maximum absolute atomic E-state index is 12.5. The molecule has 1 saturated heterocycles. The van der Waals surface area contributed by atoms with Gasteiger partial charge >= 0.3 is 6.01 Å². The number of rotatable bonds is 4. The van der Waals surface area contributed by atoms with Crippen LogP contribution in [0.3, 0.4) is 0 Å². The molecule has 9 heteroatoms. The minimum absolute atomic E-state index is 0.0436. The fraction of sp³-hybridized carbons (Fsp3) is 0.136. The summed E-state index contributed by atoms with van der Waals surface area (Å²) in [6.07, 6.45) is 0.226. The Bertz CT molecular complexity index is 1340. The van der Waals surface area contributed by atoms with Crippen LogP contribution in [0.4, 0.5) is 11.7 Å². The minimum atomic E-state index is -0.688. The number of nitrogens with zero attached hydrogens (tertiary/aromatic N) is 3. The monoisotopic (exact) mass is 416 g/mol. The van der Waals surface area contributed by atoms with Crippen LogP contribution in [0.5, 0.6) is 0 Å². The molecule has 3 heterocycles. The molecular weight excluding hydrogens is 400 g/mol. The Hall–Kier alpha value is -4.27. The number of carbonyl (C=O) groups excluding carboxylic acids is 2. The Morgan fingerprint density at radius 2 is 1.77 bits per heavy atom. The average Bonchev–Trinajstić information content (AvgIpc) is 3.41. The number of hydrogen-bond donors (Lipinski definition) is 1. The fourth-order valence-corrected chi connectivity index (χ4v) is 3.56. The summed E-state index contributed by atoms with van der Waals surface area (Å²) >= 11 is 0. The number of aromatic nitrogens is 2. The Balaban J connectivity index is 1.32. The number of nitrogens with one attached hydrogen (secondary N) is 1. The van der Waals surface area contributed by atoms with Gasteiger partial charge in [0.05, 0.1) is 11.3 Å². The lowest BCUT2D eigenvalue weighted by Gasteiger charge is -2.15. The minimum Gasteiger partial charge on any atom is -0.451 e. The van der Waals surface area contributed by atoms with Gasteiger partial charge in [0.2, 0.25) is 11.8 Å². The molecule has 0 saturated carbocycles. The van der Waals surface area contributed by atoms with Crippen molar-refractivity contribution < 1.29 is 18.4 Å². The predicted molar refractivity (Wildman–Crippen MR) is 111 cm³/mol. The van der Waals surface area contributed by atoms with Crippen molar-refractivity contribution >= 4 is 34.5 Å². The summed E-state index contributed by atoms with van der Waals surface area (Å²) < 4.78 is 11.1.